The molecule has 0 radical (unpaired) electrons. The van der Waals surface area contributed by atoms with Gasteiger partial charge in [0.25, 0.3) is 0 Å². The normalized spacial score (nSPS) is 21.3. The lowest BCUT2D eigenvalue weighted by molar-refractivity contribution is -0.121. The number of thioether (sulfide) groups is 1. The molecule has 3 rings (SSSR count). The van der Waals surface area contributed by atoms with Gasteiger partial charge in [-0.15, -0.1) is 11.8 Å². The predicted molar refractivity (Wildman–Crippen MR) is 93.8 cm³/mol. The zero-order valence-electron chi connectivity index (χ0n) is 12.8. The summed E-state index contributed by atoms with van der Waals surface area (Å²) in [5, 5.41) is 2.80. The Morgan fingerprint density at radius 2 is 1.91 bits per heavy atom. The maximum atomic E-state index is 12.4. The van der Waals surface area contributed by atoms with Crippen LogP contribution in [-0.4, -0.2) is 24.2 Å². The van der Waals surface area contributed by atoms with E-state index in [9.17, 15) is 4.79 Å². The van der Waals surface area contributed by atoms with Crippen molar-refractivity contribution in [2.24, 2.45) is 5.73 Å². The minimum Gasteiger partial charge on any atom is -0.457 e. The molecule has 4 nitrogen and oxygen atoms in total. The van der Waals surface area contributed by atoms with Gasteiger partial charge in [-0.2, -0.15) is 0 Å². The SMILES string of the molecule is NC[C@H]1CCS[C@@H](c2cccc(Oc3ccccc3)c2)C(=O)N1. The third kappa shape index (κ3) is 4.06. The average Bonchev–Trinajstić information content (AvgIpc) is 2.77. The smallest absolute Gasteiger partial charge is 0.237 e. The van der Waals surface area contributed by atoms with E-state index in [0.717, 1.165) is 29.2 Å². The number of amides is 1. The number of nitrogens with two attached hydrogens (primary N) is 1. The number of carbonyl (C=O) groups is 1. The summed E-state index contributed by atoms with van der Waals surface area (Å²) in [6.45, 7) is 0.482. The van der Waals surface area contributed by atoms with E-state index < -0.39 is 0 Å². The van der Waals surface area contributed by atoms with E-state index in [4.69, 9.17) is 10.5 Å². The predicted octanol–water partition coefficient (Wildman–Crippen LogP) is 3.10. The third-order valence-electron chi connectivity index (χ3n) is 3.76. The van der Waals surface area contributed by atoms with Crippen LogP contribution in [0.25, 0.3) is 0 Å². The molecule has 2 aromatic carbocycles. The summed E-state index contributed by atoms with van der Waals surface area (Å²) in [7, 11) is 0. The van der Waals surface area contributed by atoms with E-state index in [-0.39, 0.29) is 17.2 Å². The Kier molecular flexibility index (Phi) is 5.20. The van der Waals surface area contributed by atoms with Crippen molar-refractivity contribution >= 4 is 17.7 Å². The molecule has 2 atom stereocenters. The Hall–Kier alpha value is -1.98. The fraction of sp³-hybridized carbons (Fsp3) is 0.278. The molecule has 0 bridgehead atoms. The van der Waals surface area contributed by atoms with E-state index in [2.05, 4.69) is 5.32 Å². The third-order valence-corrected chi connectivity index (χ3v) is 5.05. The van der Waals surface area contributed by atoms with Crippen LogP contribution in [0.4, 0.5) is 0 Å². The monoisotopic (exact) mass is 328 g/mol. The fourth-order valence-electron chi connectivity index (χ4n) is 2.54. The van der Waals surface area contributed by atoms with Crippen molar-refractivity contribution in [2.75, 3.05) is 12.3 Å². The Morgan fingerprint density at radius 1 is 1.13 bits per heavy atom. The highest BCUT2D eigenvalue weighted by molar-refractivity contribution is 8.00. The van der Waals surface area contributed by atoms with Gasteiger partial charge in [-0.1, -0.05) is 30.3 Å². The molecule has 23 heavy (non-hydrogen) atoms. The Bertz CT molecular complexity index is 663. The molecule has 1 aliphatic rings. The zero-order valence-corrected chi connectivity index (χ0v) is 13.6. The maximum Gasteiger partial charge on any atom is 0.237 e. The summed E-state index contributed by atoms with van der Waals surface area (Å²) in [6, 6.07) is 17.4. The molecule has 1 amide bonds. The lowest BCUT2D eigenvalue weighted by Crippen LogP contribution is -2.40. The van der Waals surface area contributed by atoms with Crippen molar-refractivity contribution in [2.45, 2.75) is 17.7 Å². The van der Waals surface area contributed by atoms with Crippen LogP contribution in [0.2, 0.25) is 0 Å². The van der Waals surface area contributed by atoms with Gasteiger partial charge in [-0.25, -0.2) is 0 Å². The molecule has 1 fully saturated rings. The first kappa shape index (κ1) is 15.9. The van der Waals surface area contributed by atoms with Gasteiger partial charge in [0.15, 0.2) is 0 Å². The molecule has 0 saturated carbocycles. The number of carbonyl (C=O) groups excluding carboxylic acids is 1. The van der Waals surface area contributed by atoms with Gasteiger partial charge in [-0.05, 0) is 42.0 Å². The van der Waals surface area contributed by atoms with Gasteiger partial charge in [0.1, 0.15) is 16.7 Å². The van der Waals surface area contributed by atoms with Crippen LogP contribution in [0.3, 0.4) is 0 Å². The van der Waals surface area contributed by atoms with Gasteiger partial charge >= 0.3 is 0 Å². The highest BCUT2D eigenvalue weighted by Crippen LogP contribution is 2.34. The quantitative estimate of drug-likeness (QED) is 0.905. The number of hydrogen-bond acceptors (Lipinski definition) is 4. The molecule has 1 aliphatic heterocycles. The molecular formula is C18H20N2O2S. The maximum absolute atomic E-state index is 12.4. The number of hydrogen-bond donors (Lipinski definition) is 2. The van der Waals surface area contributed by atoms with Gasteiger partial charge in [0.05, 0.1) is 0 Å². The number of benzene rings is 2. The average molecular weight is 328 g/mol. The van der Waals surface area contributed by atoms with Crippen molar-refractivity contribution in [1.82, 2.24) is 5.32 Å². The van der Waals surface area contributed by atoms with E-state index in [1.54, 1.807) is 11.8 Å². The number of ether oxygens (including phenoxy) is 1. The zero-order chi connectivity index (χ0) is 16.1. The van der Waals surface area contributed by atoms with Gasteiger partial charge < -0.3 is 15.8 Å². The first-order valence-electron chi connectivity index (χ1n) is 7.71. The second kappa shape index (κ2) is 7.53. The molecule has 0 spiro atoms. The molecule has 5 heteroatoms. The van der Waals surface area contributed by atoms with Crippen LogP contribution >= 0.6 is 11.8 Å². The minimum absolute atomic E-state index is 0.0276. The van der Waals surface area contributed by atoms with Crippen LogP contribution < -0.4 is 15.8 Å². The van der Waals surface area contributed by atoms with E-state index >= 15 is 0 Å². The van der Waals surface area contributed by atoms with Gasteiger partial charge in [0.2, 0.25) is 5.91 Å². The second-order valence-electron chi connectivity index (χ2n) is 5.47. The Balaban J connectivity index is 1.77. The summed E-state index contributed by atoms with van der Waals surface area (Å²) in [5.41, 5.74) is 6.64. The number of nitrogens with one attached hydrogen (secondary N) is 1. The van der Waals surface area contributed by atoms with Crippen LogP contribution in [0.5, 0.6) is 11.5 Å². The lowest BCUT2D eigenvalue weighted by Gasteiger charge is -2.16. The van der Waals surface area contributed by atoms with Gasteiger partial charge in [0, 0.05) is 12.6 Å². The van der Waals surface area contributed by atoms with Crippen LogP contribution in [0, 0.1) is 0 Å². The van der Waals surface area contributed by atoms with Crippen molar-refractivity contribution in [1.29, 1.82) is 0 Å². The molecular weight excluding hydrogens is 308 g/mol. The minimum atomic E-state index is -0.217. The first-order valence-corrected chi connectivity index (χ1v) is 8.76. The molecule has 2 aromatic rings. The molecule has 0 aliphatic carbocycles. The molecule has 0 aromatic heterocycles. The van der Waals surface area contributed by atoms with E-state index in [0.29, 0.717) is 6.54 Å². The summed E-state index contributed by atoms with van der Waals surface area (Å²) in [5.74, 6) is 2.46. The molecule has 3 N–H and O–H groups in total. The van der Waals surface area contributed by atoms with E-state index in [1.165, 1.54) is 0 Å². The van der Waals surface area contributed by atoms with Crippen molar-refractivity contribution in [3.05, 3.63) is 60.2 Å². The largest absolute Gasteiger partial charge is 0.457 e. The van der Waals surface area contributed by atoms with Crippen molar-refractivity contribution in [3.63, 3.8) is 0 Å². The summed E-state index contributed by atoms with van der Waals surface area (Å²) >= 11 is 1.66. The Labute approximate surface area is 140 Å². The van der Waals surface area contributed by atoms with Crippen molar-refractivity contribution in [3.8, 4) is 11.5 Å². The molecule has 0 unspecified atom stereocenters. The molecule has 120 valence electrons. The molecule has 1 heterocycles. The summed E-state index contributed by atoms with van der Waals surface area (Å²) in [6.07, 6.45) is 0.906. The van der Waals surface area contributed by atoms with Crippen LogP contribution in [-0.2, 0) is 4.79 Å². The fourth-order valence-corrected chi connectivity index (χ4v) is 3.76. The highest BCUT2D eigenvalue weighted by Gasteiger charge is 2.27. The van der Waals surface area contributed by atoms with Crippen molar-refractivity contribution < 1.29 is 9.53 Å². The van der Waals surface area contributed by atoms with Crippen LogP contribution in [0.15, 0.2) is 54.6 Å². The highest BCUT2D eigenvalue weighted by atomic mass is 32.2. The topological polar surface area (TPSA) is 64.3 Å². The van der Waals surface area contributed by atoms with Crippen LogP contribution in [0.1, 0.15) is 17.2 Å². The van der Waals surface area contributed by atoms with Gasteiger partial charge in [-0.3, -0.25) is 4.79 Å². The second-order valence-corrected chi connectivity index (χ2v) is 6.68. The summed E-state index contributed by atoms with van der Waals surface area (Å²) < 4.78 is 5.86. The summed E-state index contributed by atoms with van der Waals surface area (Å²) in [4.78, 5) is 12.4. The first-order chi connectivity index (χ1) is 11.3. The Morgan fingerprint density at radius 3 is 2.70 bits per heavy atom. The molecule has 1 saturated heterocycles. The standard InChI is InChI=1S/C18H20N2O2S/c19-12-14-9-10-23-17(18(21)20-14)13-5-4-8-16(11-13)22-15-6-2-1-3-7-15/h1-8,11,14,17H,9-10,12,19H2,(H,20,21)/t14-,17+/m1/s1. The number of rotatable bonds is 4. The number of para-hydroxylation sites is 1. The lowest BCUT2D eigenvalue weighted by atomic mass is 10.1. The van der Waals surface area contributed by atoms with E-state index in [1.807, 2.05) is 54.6 Å².